The van der Waals surface area contributed by atoms with Gasteiger partial charge in [-0.3, -0.25) is 20.4 Å². The van der Waals surface area contributed by atoms with Crippen LogP contribution in [0.1, 0.15) is 26.6 Å². The minimum atomic E-state index is -0.720. The van der Waals surface area contributed by atoms with Gasteiger partial charge in [-0.15, -0.1) is 0 Å². The van der Waals surface area contributed by atoms with Crippen LogP contribution in [0, 0.1) is 12.1 Å². The Kier molecular flexibility index (Phi) is 3.68. The van der Waals surface area contributed by atoms with E-state index in [0.29, 0.717) is 15.9 Å². The number of rotatable bonds is 2. The van der Waals surface area contributed by atoms with E-state index in [9.17, 15) is 14.8 Å². The second-order valence-electron chi connectivity index (χ2n) is 4.87. The maximum atomic E-state index is 12.2. The highest BCUT2D eigenvalue weighted by Crippen LogP contribution is 2.24. The number of pyridine rings is 1. The third-order valence-corrected chi connectivity index (χ3v) is 3.40. The van der Waals surface area contributed by atoms with Crippen molar-refractivity contribution in [1.29, 1.82) is 0 Å². The summed E-state index contributed by atoms with van der Waals surface area (Å²) in [5, 5.41) is 12.3. The van der Waals surface area contributed by atoms with Crippen molar-refractivity contribution < 1.29 is 18.7 Å². The van der Waals surface area contributed by atoms with Crippen LogP contribution in [0.25, 0.3) is 11.0 Å². The first-order valence-electron chi connectivity index (χ1n) is 6.85. The van der Waals surface area contributed by atoms with Crippen molar-refractivity contribution in [2.24, 2.45) is 0 Å². The molecule has 0 saturated heterocycles. The van der Waals surface area contributed by atoms with Crippen LogP contribution in [0.2, 0.25) is 0 Å². The maximum absolute atomic E-state index is 12.2. The summed E-state index contributed by atoms with van der Waals surface area (Å²) in [7, 11) is 0. The molecule has 0 aliphatic heterocycles. The molecule has 0 aliphatic carbocycles. The largest absolute Gasteiger partial charge is 0.618 e. The van der Waals surface area contributed by atoms with Gasteiger partial charge in [-0.05, 0) is 19.1 Å². The number of hydrogen-bond acceptors (Lipinski definition) is 4. The number of para-hydroxylation sites is 1. The van der Waals surface area contributed by atoms with E-state index in [0.717, 1.165) is 5.39 Å². The standard InChI is InChI=1S/C16H13N3O4/c1-10-11-6-2-3-8-13(11)23-14(10)16(21)18-17-15(20)12-7-4-5-9-19(12)22/h2-9H,1H3,(H,17,20)(H,18,21). The van der Waals surface area contributed by atoms with E-state index < -0.39 is 11.8 Å². The van der Waals surface area contributed by atoms with Gasteiger partial charge in [0.25, 0.3) is 5.69 Å². The van der Waals surface area contributed by atoms with Gasteiger partial charge < -0.3 is 9.62 Å². The van der Waals surface area contributed by atoms with Gasteiger partial charge in [0.1, 0.15) is 5.58 Å². The van der Waals surface area contributed by atoms with Crippen LogP contribution in [0.15, 0.2) is 53.1 Å². The van der Waals surface area contributed by atoms with Crippen molar-refractivity contribution in [2.75, 3.05) is 0 Å². The average Bonchev–Trinajstić information content (AvgIpc) is 2.90. The Balaban J connectivity index is 1.75. The summed E-state index contributed by atoms with van der Waals surface area (Å²) in [6.45, 7) is 1.76. The van der Waals surface area contributed by atoms with Gasteiger partial charge in [0, 0.05) is 23.1 Å². The number of aromatic nitrogens is 1. The van der Waals surface area contributed by atoms with Gasteiger partial charge >= 0.3 is 11.8 Å². The van der Waals surface area contributed by atoms with Crippen LogP contribution in [0.3, 0.4) is 0 Å². The Morgan fingerprint density at radius 3 is 2.48 bits per heavy atom. The zero-order valence-corrected chi connectivity index (χ0v) is 12.2. The molecule has 2 heterocycles. The number of fused-ring (bicyclic) bond motifs is 1. The predicted octanol–water partition coefficient (Wildman–Crippen LogP) is 1.45. The van der Waals surface area contributed by atoms with E-state index in [1.54, 1.807) is 25.1 Å². The highest BCUT2D eigenvalue weighted by molar-refractivity contribution is 6.00. The summed E-state index contributed by atoms with van der Waals surface area (Å²) in [4.78, 5) is 24.0. The molecule has 0 saturated carbocycles. The fraction of sp³-hybridized carbons (Fsp3) is 0.0625. The smallest absolute Gasteiger partial charge is 0.335 e. The molecule has 0 unspecified atom stereocenters. The Morgan fingerprint density at radius 2 is 1.74 bits per heavy atom. The molecule has 0 bridgehead atoms. The molecule has 0 spiro atoms. The summed E-state index contributed by atoms with van der Waals surface area (Å²) >= 11 is 0. The van der Waals surface area contributed by atoms with Crippen molar-refractivity contribution >= 4 is 22.8 Å². The molecule has 3 rings (SSSR count). The third kappa shape index (κ3) is 2.71. The SMILES string of the molecule is Cc1c(C(=O)NNC(=O)c2cccc[n+]2[O-])oc2ccccc12. The van der Waals surface area contributed by atoms with Gasteiger partial charge in [-0.1, -0.05) is 18.2 Å². The van der Waals surface area contributed by atoms with Crippen LogP contribution in [0.4, 0.5) is 0 Å². The number of nitrogens with one attached hydrogen (secondary N) is 2. The number of hydrazine groups is 1. The van der Waals surface area contributed by atoms with Crippen LogP contribution >= 0.6 is 0 Å². The number of furan rings is 1. The van der Waals surface area contributed by atoms with Crippen molar-refractivity contribution in [3.8, 4) is 0 Å². The topological polar surface area (TPSA) is 98.3 Å². The molecule has 0 aliphatic rings. The zero-order valence-electron chi connectivity index (χ0n) is 12.2. The molecule has 116 valence electrons. The van der Waals surface area contributed by atoms with Crippen LogP contribution in [-0.2, 0) is 0 Å². The molecule has 3 aromatic rings. The molecule has 7 nitrogen and oxygen atoms in total. The quantitative estimate of drug-likeness (QED) is 0.425. The van der Waals surface area contributed by atoms with Gasteiger partial charge in [-0.2, -0.15) is 4.73 Å². The number of aryl methyl sites for hydroxylation is 1. The molecule has 2 amide bonds. The molecule has 0 atom stereocenters. The minimum Gasteiger partial charge on any atom is -0.618 e. The van der Waals surface area contributed by atoms with E-state index >= 15 is 0 Å². The van der Waals surface area contributed by atoms with Crippen LogP contribution in [0.5, 0.6) is 0 Å². The van der Waals surface area contributed by atoms with E-state index in [1.807, 2.05) is 12.1 Å². The summed E-state index contributed by atoms with van der Waals surface area (Å²) < 4.78 is 5.90. The number of carbonyl (C=O) groups is 2. The van der Waals surface area contributed by atoms with Crippen molar-refractivity contribution in [1.82, 2.24) is 10.9 Å². The van der Waals surface area contributed by atoms with E-state index in [-0.39, 0.29) is 11.5 Å². The second-order valence-corrected chi connectivity index (χ2v) is 4.87. The van der Waals surface area contributed by atoms with Gasteiger partial charge in [-0.25, -0.2) is 0 Å². The van der Waals surface area contributed by atoms with Crippen molar-refractivity contribution in [2.45, 2.75) is 6.92 Å². The Morgan fingerprint density at radius 1 is 1.04 bits per heavy atom. The number of hydrogen-bond donors (Lipinski definition) is 2. The van der Waals surface area contributed by atoms with Crippen LogP contribution in [-0.4, -0.2) is 11.8 Å². The summed E-state index contributed by atoms with van der Waals surface area (Å²) in [6.07, 6.45) is 1.19. The fourth-order valence-electron chi connectivity index (χ4n) is 2.23. The first-order valence-corrected chi connectivity index (χ1v) is 6.85. The average molecular weight is 311 g/mol. The summed E-state index contributed by atoms with van der Waals surface area (Å²) in [5.74, 6) is -1.21. The summed E-state index contributed by atoms with van der Waals surface area (Å²) in [5.41, 5.74) is 5.56. The molecule has 0 fully saturated rings. The van der Waals surface area contributed by atoms with Gasteiger partial charge in [0.2, 0.25) is 0 Å². The molecule has 1 aromatic carbocycles. The molecular weight excluding hydrogens is 298 g/mol. The number of nitrogens with zero attached hydrogens (tertiary/aromatic N) is 1. The van der Waals surface area contributed by atoms with E-state index in [2.05, 4.69) is 10.9 Å². The zero-order chi connectivity index (χ0) is 16.4. The van der Waals surface area contributed by atoms with E-state index in [1.165, 1.54) is 18.3 Å². The van der Waals surface area contributed by atoms with Crippen molar-refractivity contribution in [3.63, 3.8) is 0 Å². The Bertz CT molecular complexity index is 901. The highest BCUT2D eigenvalue weighted by atomic mass is 16.5. The first kappa shape index (κ1) is 14.6. The number of carbonyl (C=O) groups excluding carboxylic acids is 2. The Hall–Kier alpha value is -3.35. The first-order chi connectivity index (χ1) is 11.1. The Labute approximate surface area is 131 Å². The summed E-state index contributed by atoms with van der Waals surface area (Å²) in [6, 6.07) is 11.6. The fourth-order valence-corrected chi connectivity index (χ4v) is 2.23. The van der Waals surface area contributed by atoms with Gasteiger partial charge in [0.15, 0.2) is 12.0 Å². The van der Waals surface area contributed by atoms with E-state index in [4.69, 9.17) is 4.42 Å². The van der Waals surface area contributed by atoms with Crippen molar-refractivity contribution in [3.05, 3.63) is 70.9 Å². The molecular formula is C16H13N3O4. The third-order valence-electron chi connectivity index (χ3n) is 3.40. The molecule has 7 heteroatoms. The lowest BCUT2D eigenvalue weighted by Crippen LogP contribution is -2.46. The van der Waals surface area contributed by atoms with Crippen LogP contribution < -0.4 is 15.6 Å². The molecule has 23 heavy (non-hydrogen) atoms. The number of benzene rings is 1. The maximum Gasteiger partial charge on any atom is 0.335 e. The normalized spacial score (nSPS) is 10.5. The molecule has 2 N–H and O–H groups in total. The predicted molar refractivity (Wildman–Crippen MR) is 81.3 cm³/mol. The lowest BCUT2D eigenvalue weighted by molar-refractivity contribution is -0.607. The van der Waals surface area contributed by atoms with Gasteiger partial charge in [0.05, 0.1) is 0 Å². The lowest BCUT2D eigenvalue weighted by Gasteiger charge is -2.06. The second kappa shape index (κ2) is 5.80. The number of amides is 2. The monoisotopic (exact) mass is 311 g/mol. The molecule has 0 radical (unpaired) electrons. The minimum absolute atomic E-state index is 0.106. The molecule has 2 aromatic heterocycles. The highest BCUT2D eigenvalue weighted by Gasteiger charge is 2.20. The lowest BCUT2D eigenvalue weighted by atomic mass is 10.1.